The molecule has 2 heterocycles. The average Bonchev–Trinajstić information content (AvgIpc) is 2.99. The lowest BCUT2D eigenvalue weighted by molar-refractivity contribution is -0.0624. The van der Waals surface area contributed by atoms with Crippen LogP contribution in [-0.2, 0) is 11.3 Å². The van der Waals surface area contributed by atoms with Gasteiger partial charge in [-0.25, -0.2) is 0 Å². The van der Waals surface area contributed by atoms with Crippen LogP contribution in [0.25, 0.3) is 0 Å². The molecule has 3 rings (SSSR count). The third kappa shape index (κ3) is 3.52. The van der Waals surface area contributed by atoms with Gasteiger partial charge in [0, 0.05) is 18.0 Å². The van der Waals surface area contributed by atoms with Crippen molar-refractivity contribution >= 4 is 22.9 Å². The maximum Gasteiger partial charge on any atom is 0.0931 e. The molecule has 1 saturated carbocycles. The standard InChI is InChI=1S/C15H22ClNOS/c16-14-5-4-13(19-14)11-17-10-12-6-9-15(18-12)7-2-1-3-8-15/h4-5,12,17H,1-3,6-11H2. The number of hydrogen-bond donors (Lipinski definition) is 1. The van der Waals surface area contributed by atoms with Gasteiger partial charge < -0.3 is 10.1 Å². The summed E-state index contributed by atoms with van der Waals surface area (Å²) in [5, 5.41) is 3.51. The van der Waals surface area contributed by atoms with E-state index in [0.29, 0.717) is 6.10 Å². The van der Waals surface area contributed by atoms with Crippen LogP contribution in [0.4, 0.5) is 0 Å². The van der Waals surface area contributed by atoms with Gasteiger partial charge in [-0.05, 0) is 37.8 Å². The third-order valence-electron chi connectivity index (χ3n) is 4.40. The second-order valence-corrected chi connectivity index (χ2v) is 7.66. The van der Waals surface area contributed by atoms with Crippen LogP contribution < -0.4 is 5.32 Å². The van der Waals surface area contributed by atoms with Crippen LogP contribution in [0.5, 0.6) is 0 Å². The highest BCUT2D eigenvalue weighted by molar-refractivity contribution is 7.16. The van der Waals surface area contributed by atoms with Gasteiger partial charge in [-0.15, -0.1) is 11.3 Å². The van der Waals surface area contributed by atoms with Gasteiger partial charge in [-0.1, -0.05) is 30.9 Å². The van der Waals surface area contributed by atoms with E-state index in [1.165, 1.54) is 49.8 Å². The molecule has 1 aromatic rings. The molecule has 2 aliphatic rings. The Morgan fingerprint density at radius 2 is 2.11 bits per heavy atom. The van der Waals surface area contributed by atoms with Gasteiger partial charge in [-0.2, -0.15) is 0 Å². The molecule has 4 heteroatoms. The smallest absolute Gasteiger partial charge is 0.0931 e. The minimum absolute atomic E-state index is 0.247. The SMILES string of the molecule is Clc1ccc(CNCC2CCC3(CCCCC3)O2)s1. The Balaban J connectivity index is 1.42. The molecule has 1 aliphatic heterocycles. The van der Waals surface area contributed by atoms with Crippen molar-refractivity contribution in [1.82, 2.24) is 5.32 Å². The Morgan fingerprint density at radius 1 is 1.26 bits per heavy atom. The maximum atomic E-state index is 6.35. The summed E-state index contributed by atoms with van der Waals surface area (Å²) < 4.78 is 7.22. The number of rotatable bonds is 4. The highest BCUT2D eigenvalue weighted by Gasteiger charge is 2.40. The molecule has 2 nitrogen and oxygen atoms in total. The summed E-state index contributed by atoms with van der Waals surface area (Å²) in [5.41, 5.74) is 0.247. The predicted octanol–water partition coefficient (Wildman–Crippen LogP) is 4.37. The molecule has 0 aromatic carbocycles. The Kier molecular flexibility index (Phi) is 4.47. The van der Waals surface area contributed by atoms with E-state index in [9.17, 15) is 0 Å². The molecule has 1 unspecified atom stereocenters. The first-order chi connectivity index (χ1) is 9.26. The molecule has 106 valence electrons. The number of nitrogens with one attached hydrogen (secondary N) is 1. The third-order valence-corrected chi connectivity index (χ3v) is 5.63. The summed E-state index contributed by atoms with van der Waals surface area (Å²) in [4.78, 5) is 1.30. The monoisotopic (exact) mass is 299 g/mol. The van der Waals surface area contributed by atoms with E-state index in [-0.39, 0.29) is 5.60 Å². The highest BCUT2D eigenvalue weighted by atomic mass is 35.5. The van der Waals surface area contributed by atoms with E-state index in [0.717, 1.165) is 17.4 Å². The first-order valence-electron chi connectivity index (χ1n) is 7.39. The molecular formula is C15H22ClNOS. The largest absolute Gasteiger partial charge is 0.370 e. The summed E-state index contributed by atoms with van der Waals surface area (Å²) in [5.74, 6) is 0. The van der Waals surface area contributed by atoms with Crippen LogP contribution in [0.2, 0.25) is 4.34 Å². The van der Waals surface area contributed by atoms with Crippen molar-refractivity contribution in [2.24, 2.45) is 0 Å². The van der Waals surface area contributed by atoms with Crippen molar-refractivity contribution in [3.05, 3.63) is 21.3 Å². The van der Waals surface area contributed by atoms with E-state index in [1.54, 1.807) is 11.3 Å². The van der Waals surface area contributed by atoms with Gasteiger partial charge in [0.25, 0.3) is 0 Å². The van der Waals surface area contributed by atoms with Gasteiger partial charge in [0.1, 0.15) is 0 Å². The minimum atomic E-state index is 0.247. The zero-order valence-electron chi connectivity index (χ0n) is 11.3. The molecule has 0 bridgehead atoms. The summed E-state index contributed by atoms with van der Waals surface area (Å²) in [6.07, 6.45) is 9.57. The van der Waals surface area contributed by atoms with Crippen LogP contribution >= 0.6 is 22.9 Å². The zero-order valence-corrected chi connectivity index (χ0v) is 12.9. The van der Waals surface area contributed by atoms with Crippen LogP contribution in [0.15, 0.2) is 12.1 Å². The average molecular weight is 300 g/mol. The molecule has 1 saturated heterocycles. The van der Waals surface area contributed by atoms with Crippen LogP contribution in [-0.4, -0.2) is 18.2 Å². The Bertz CT molecular complexity index is 414. The first kappa shape index (κ1) is 13.9. The Labute approximate surface area is 124 Å². The normalized spacial score (nSPS) is 26.1. The molecule has 1 aromatic heterocycles. The Morgan fingerprint density at radius 3 is 2.84 bits per heavy atom. The fraction of sp³-hybridized carbons (Fsp3) is 0.733. The van der Waals surface area contributed by atoms with E-state index in [1.807, 2.05) is 6.07 Å². The van der Waals surface area contributed by atoms with Crippen molar-refractivity contribution in [2.45, 2.75) is 63.2 Å². The molecule has 2 fully saturated rings. The van der Waals surface area contributed by atoms with Crippen molar-refractivity contribution < 1.29 is 4.74 Å². The molecule has 1 aliphatic carbocycles. The van der Waals surface area contributed by atoms with Crippen molar-refractivity contribution in [3.8, 4) is 0 Å². The maximum absolute atomic E-state index is 6.35. The fourth-order valence-electron chi connectivity index (χ4n) is 3.41. The van der Waals surface area contributed by atoms with E-state index >= 15 is 0 Å². The number of halogens is 1. The summed E-state index contributed by atoms with van der Waals surface area (Å²) in [7, 11) is 0. The molecule has 1 spiro atoms. The lowest BCUT2D eigenvalue weighted by Crippen LogP contribution is -2.34. The predicted molar refractivity (Wildman–Crippen MR) is 81.0 cm³/mol. The first-order valence-corrected chi connectivity index (χ1v) is 8.58. The fourth-order valence-corrected chi connectivity index (χ4v) is 4.46. The van der Waals surface area contributed by atoms with Crippen LogP contribution in [0, 0.1) is 0 Å². The van der Waals surface area contributed by atoms with Gasteiger partial charge in [0.15, 0.2) is 0 Å². The second-order valence-electron chi connectivity index (χ2n) is 5.86. The molecule has 0 amide bonds. The van der Waals surface area contributed by atoms with Crippen molar-refractivity contribution in [2.75, 3.05) is 6.54 Å². The summed E-state index contributed by atoms with van der Waals surface area (Å²) in [6, 6.07) is 4.06. The summed E-state index contributed by atoms with van der Waals surface area (Å²) in [6.45, 7) is 1.88. The minimum Gasteiger partial charge on any atom is -0.370 e. The topological polar surface area (TPSA) is 21.3 Å². The van der Waals surface area contributed by atoms with Crippen molar-refractivity contribution in [3.63, 3.8) is 0 Å². The molecule has 19 heavy (non-hydrogen) atoms. The molecule has 0 radical (unpaired) electrons. The molecular weight excluding hydrogens is 278 g/mol. The molecule has 1 atom stereocenters. The quantitative estimate of drug-likeness (QED) is 0.891. The number of ether oxygens (including phenoxy) is 1. The van der Waals surface area contributed by atoms with Gasteiger partial charge in [-0.3, -0.25) is 0 Å². The molecule has 1 N–H and O–H groups in total. The van der Waals surface area contributed by atoms with Gasteiger partial charge in [0.05, 0.1) is 16.0 Å². The van der Waals surface area contributed by atoms with E-state index in [2.05, 4.69) is 11.4 Å². The second kappa shape index (κ2) is 6.13. The van der Waals surface area contributed by atoms with Crippen LogP contribution in [0.3, 0.4) is 0 Å². The lowest BCUT2D eigenvalue weighted by atomic mass is 9.83. The highest BCUT2D eigenvalue weighted by Crippen LogP contribution is 2.41. The zero-order chi connectivity index (χ0) is 13.1. The van der Waals surface area contributed by atoms with E-state index < -0.39 is 0 Å². The summed E-state index contributed by atoms with van der Waals surface area (Å²) >= 11 is 7.58. The lowest BCUT2D eigenvalue weighted by Gasteiger charge is -2.33. The van der Waals surface area contributed by atoms with Crippen molar-refractivity contribution in [1.29, 1.82) is 0 Å². The van der Waals surface area contributed by atoms with Gasteiger partial charge >= 0.3 is 0 Å². The van der Waals surface area contributed by atoms with Crippen LogP contribution in [0.1, 0.15) is 49.8 Å². The van der Waals surface area contributed by atoms with Gasteiger partial charge in [0.2, 0.25) is 0 Å². The number of hydrogen-bond acceptors (Lipinski definition) is 3. The van der Waals surface area contributed by atoms with E-state index in [4.69, 9.17) is 16.3 Å². The number of thiophene rings is 1. The Hall–Kier alpha value is -0.0900.